The Labute approximate surface area is 213 Å². The van der Waals surface area contributed by atoms with Crippen LogP contribution < -0.4 is 0 Å². The fraction of sp³-hybridized carbons (Fsp3) is 0.375. The van der Waals surface area contributed by atoms with Crippen molar-refractivity contribution in [1.82, 2.24) is 4.90 Å². The molecule has 0 radical (unpaired) electrons. The van der Waals surface area contributed by atoms with E-state index in [2.05, 4.69) is 0 Å². The highest BCUT2D eigenvalue weighted by molar-refractivity contribution is 7.67. The van der Waals surface area contributed by atoms with Gasteiger partial charge in [0.2, 0.25) is 5.91 Å². The summed E-state index contributed by atoms with van der Waals surface area (Å²) in [6.07, 6.45) is -11.4. The molecule has 4 rings (SSSR count). The highest BCUT2D eigenvalue weighted by Gasteiger charge is 2.48. The third-order valence-electron chi connectivity index (χ3n) is 6.47. The van der Waals surface area contributed by atoms with Crippen molar-refractivity contribution in [3.63, 3.8) is 0 Å². The lowest BCUT2D eigenvalue weighted by Crippen LogP contribution is -2.40. The third-order valence-corrected chi connectivity index (χ3v) is 6.86. The normalized spacial score (nSPS) is 22.9. The number of ether oxygens (including phenoxy) is 1. The molecule has 206 valence electrons. The maximum Gasteiger partial charge on any atom is 0.416 e. The molecule has 0 aromatic heterocycles. The third kappa shape index (κ3) is 5.96. The summed E-state index contributed by atoms with van der Waals surface area (Å²) >= 11 is 0. The van der Waals surface area contributed by atoms with Gasteiger partial charge in [-0.25, -0.2) is 4.39 Å². The van der Waals surface area contributed by atoms with E-state index in [0.717, 1.165) is 18.2 Å². The maximum atomic E-state index is 13.6. The Kier molecular flexibility index (Phi) is 7.49. The molecule has 2 aromatic carbocycles. The van der Waals surface area contributed by atoms with Crippen molar-refractivity contribution >= 4 is 16.9 Å². The summed E-state index contributed by atoms with van der Waals surface area (Å²) in [4.78, 5) is 14.1. The van der Waals surface area contributed by atoms with Crippen LogP contribution in [0.3, 0.4) is 0 Å². The molecule has 0 aliphatic carbocycles. The van der Waals surface area contributed by atoms with Crippen molar-refractivity contribution in [2.45, 2.75) is 49.9 Å². The van der Waals surface area contributed by atoms with E-state index in [0.29, 0.717) is 17.7 Å². The first kappa shape index (κ1) is 27.9. The van der Waals surface area contributed by atoms with Gasteiger partial charge in [0.05, 0.1) is 23.3 Å². The SMILES string of the molecule is C[C@@H](O[C@H]1CN2C(=O)C=C(O[SH](=O)=O)CC2[C@@H]1c1ccc(F)cc1)c1cc(C(F)(F)F)cc(C(F)(F)F)c1. The van der Waals surface area contributed by atoms with Crippen molar-refractivity contribution in [1.29, 1.82) is 0 Å². The van der Waals surface area contributed by atoms with Crippen LogP contribution in [0.15, 0.2) is 54.3 Å². The summed E-state index contributed by atoms with van der Waals surface area (Å²) in [5.41, 5.74) is -2.91. The van der Waals surface area contributed by atoms with E-state index in [1.807, 2.05) is 0 Å². The summed E-state index contributed by atoms with van der Waals surface area (Å²) < 4.78 is 126. The van der Waals surface area contributed by atoms with Gasteiger partial charge < -0.3 is 13.8 Å². The predicted molar refractivity (Wildman–Crippen MR) is 118 cm³/mol. The summed E-state index contributed by atoms with van der Waals surface area (Å²) in [5, 5.41) is 0. The Morgan fingerprint density at radius 1 is 0.974 bits per heavy atom. The maximum absolute atomic E-state index is 13.6. The number of rotatable bonds is 6. The van der Waals surface area contributed by atoms with E-state index >= 15 is 0 Å². The molecule has 0 spiro atoms. The van der Waals surface area contributed by atoms with Crippen LogP contribution in [0.2, 0.25) is 0 Å². The second-order valence-electron chi connectivity index (χ2n) is 8.92. The molecule has 14 heteroatoms. The molecular formula is C24H20F7NO5S. The highest BCUT2D eigenvalue weighted by atomic mass is 32.2. The largest absolute Gasteiger partial charge is 0.416 e. The van der Waals surface area contributed by atoms with Gasteiger partial charge in [-0.1, -0.05) is 12.1 Å². The summed E-state index contributed by atoms with van der Waals surface area (Å²) in [6.45, 7) is 1.18. The zero-order valence-electron chi connectivity index (χ0n) is 19.4. The number of alkyl halides is 6. The average Bonchev–Trinajstić information content (AvgIpc) is 3.16. The molecule has 2 aliphatic heterocycles. The fourth-order valence-corrected chi connectivity index (χ4v) is 5.14. The summed E-state index contributed by atoms with van der Waals surface area (Å²) in [7, 11) is -3.32. The van der Waals surface area contributed by atoms with E-state index in [9.17, 15) is 43.9 Å². The van der Waals surface area contributed by atoms with Gasteiger partial charge in [0.15, 0.2) is 0 Å². The van der Waals surface area contributed by atoms with Crippen LogP contribution in [-0.4, -0.2) is 37.9 Å². The van der Waals surface area contributed by atoms with Crippen molar-refractivity contribution in [2.24, 2.45) is 0 Å². The molecule has 0 N–H and O–H groups in total. The molecule has 2 aliphatic rings. The van der Waals surface area contributed by atoms with Crippen molar-refractivity contribution in [2.75, 3.05) is 6.54 Å². The van der Waals surface area contributed by atoms with Gasteiger partial charge in [-0.2, -0.15) is 34.8 Å². The molecule has 2 heterocycles. The number of halogens is 7. The number of nitrogens with zero attached hydrogens (tertiary/aromatic N) is 1. The number of hydrogen-bond donors (Lipinski definition) is 1. The highest BCUT2D eigenvalue weighted by Crippen LogP contribution is 2.44. The number of carbonyl (C=O) groups is 1. The van der Waals surface area contributed by atoms with E-state index in [1.54, 1.807) is 0 Å². The van der Waals surface area contributed by atoms with Gasteiger partial charge in [-0.3, -0.25) is 4.79 Å². The van der Waals surface area contributed by atoms with E-state index < -0.39 is 70.4 Å². The van der Waals surface area contributed by atoms with Gasteiger partial charge >= 0.3 is 12.4 Å². The van der Waals surface area contributed by atoms with Crippen LogP contribution in [0.5, 0.6) is 0 Å². The molecular weight excluding hydrogens is 547 g/mol. The number of thiol groups is 1. The zero-order chi connectivity index (χ0) is 28.0. The van der Waals surface area contributed by atoms with E-state index in [-0.39, 0.29) is 30.4 Å². The van der Waals surface area contributed by atoms with Crippen LogP contribution in [0, 0.1) is 5.82 Å². The van der Waals surface area contributed by atoms with Gasteiger partial charge in [-0.05, 0) is 48.4 Å². The summed E-state index contributed by atoms with van der Waals surface area (Å²) in [6, 6.07) is 5.53. The minimum Gasteiger partial charge on any atom is -0.389 e. The quantitative estimate of drug-likeness (QED) is 0.387. The molecule has 4 atom stereocenters. The Hall–Kier alpha value is -3.13. The lowest BCUT2D eigenvalue weighted by Gasteiger charge is -2.31. The molecule has 0 bridgehead atoms. The molecule has 1 fully saturated rings. The first-order valence-corrected chi connectivity index (χ1v) is 12.3. The van der Waals surface area contributed by atoms with Gasteiger partial charge in [0, 0.05) is 31.0 Å². The molecule has 6 nitrogen and oxygen atoms in total. The topological polar surface area (TPSA) is 72.9 Å². The Balaban J connectivity index is 1.69. The second kappa shape index (κ2) is 10.2. The molecule has 2 aromatic rings. The Morgan fingerprint density at radius 2 is 1.55 bits per heavy atom. The summed E-state index contributed by atoms with van der Waals surface area (Å²) in [5.74, 6) is -2.05. The average molecular weight is 567 g/mol. The van der Waals surface area contributed by atoms with Gasteiger partial charge in [0.25, 0.3) is 11.0 Å². The van der Waals surface area contributed by atoms with Crippen LogP contribution >= 0.6 is 0 Å². The lowest BCUT2D eigenvalue weighted by atomic mass is 9.86. The number of hydrogen-bond acceptors (Lipinski definition) is 5. The van der Waals surface area contributed by atoms with E-state index in [1.165, 1.54) is 24.0 Å². The molecule has 1 saturated heterocycles. The number of fused-ring (bicyclic) bond motifs is 1. The minimum atomic E-state index is -5.04. The van der Waals surface area contributed by atoms with Gasteiger partial charge in [0.1, 0.15) is 11.6 Å². The predicted octanol–water partition coefficient (Wildman–Crippen LogP) is 5.13. The Bertz CT molecular complexity index is 1280. The first-order valence-electron chi connectivity index (χ1n) is 11.2. The van der Waals surface area contributed by atoms with Crippen LogP contribution in [-0.2, 0) is 37.1 Å². The lowest BCUT2D eigenvalue weighted by molar-refractivity contribution is -0.143. The van der Waals surface area contributed by atoms with Crippen LogP contribution in [0.4, 0.5) is 30.7 Å². The zero-order valence-corrected chi connectivity index (χ0v) is 20.3. The number of carbonyl (C=O) groups excluding carboxylic acids is 1. The number of benzene rings is 2. The van der Waals surface area contributed by atoms with Crippen molar-refractivity contribution in [3.05, 3.63) is 82.4 Å². The van der Waals surface area contributed by atoms with Crippen LogP contribution in [0.25, 0.3) is 0 Å². The second-order valence-corrected chi connectivity index (χ2v) is 9.55. The van der Waals surface area contributed by atoms with Crippen LogP contribution in [0.1, 0.15) is 47.6 Å². The van der Waals surface area contributed by atoms with E-state index in [4.69, 9.17) is 8.92 Å². The molecule has 1 amide bonds. The number of amides is 1. The first-order chi connectivity index (χ1) is 17.6. The van der Waals surface area contributed by atoms with Crippen molar-refractivity contribution < 1.29 is 52.9 Å². The monoisotopic (exact) mass is 567 g/mol. The molecule has 1 unspecified atom stereocenters. The fourth-order valence-electron chi connectivity index (χ4n) is 4.82. The minimum absolute atomic E-state index is 0.0140. The Morgan fingerprint density at radius 3 is 2.08 bits per heavy atom. The van der Waals surface area contributed by atoms with Crippen molar-refractivity contribution in [3.8, 4) is 0 Å². The molecule has 38 heavy (non-hydrogen) atoms. The smallest absolute Gasteiger partial charge is 0.389 e. The standard InChI is InChI=1S/C24H20F7NO5S/c1-12(14-6-15(23(26,27)28)8-16(7-14)24(29,30)31)36-20-11-32-19(9-18(10-21(32)33)37-38(34)35)22(20)13-2-4-17(25)5-3-13/h2-8,10,12,19-20,22,38H,9,11H2,1H3/t12-,19?,20+,22+/m1/s1. The van der Waals surface area contributed by atoms with Gasteiger partial charge in [-0.15, -0.1) is 0 Å². The molecule has 0 saturated carbocycles.